The van der Waals surface area contributed by atoms with E-state index < -0.39 is 22.9 Å². The molecule has 6 nitrogen and oxygen atoms in total. The minimum atomic E-state index is -2.94. The molecule has 0 aromatic carbocycles. The van der Waals surface area contributed by atoms with E-state index in [2.05, 4.69) is 4.98 Å². The maximum atomic E-state index is 12.6. The van der Waals surface area contributed by atoms with E-state index in [9.17, 15) is 18.9 Å². The summed E-state index contributed by atoms with van der Waals surface area (Å²) in [5.74, 6) is -0.746. The molecule has 0 unspecified atom stereocenters. The van der Waals surface area contributed by atoms with E-state index >= 15 is 0 Å². The normalized spacial score (nSPS) is 10.6. The first-order chi connectivity index (χ1) is 7.51. The van der Waals surface area contributed by atoms with Crippen LogP contribution >= 0.6 is 0 Å². The Kier molecular flexibility index (Phi) is 3.67. The highest BCUT2D eigenvalue weighted by Crippen LogP contribution is 2.31. The topological polar surface area (TPSA) is 91.3 Å². The van der Waals surface area contributed by atoms with Crippen LogP contribution in [0, 0.1) is 10.1 Å². The Morgan fingerprint density at radius 1 is 1.69 bits per heavy atom. The zero-order valence-electron chi connectivity index (χ0n) is 8.31. The van der Waals surface area contributed by atoms with Crippen LogP contribution in [0.15, 0.2) is 6.07 Å². The molecule has 0 radical (unpaired) electrons. The number of hydrogen-bond donors (Lipinski definition) is 1. The van der Waals surface area contributed by atoms with Crippen molar-refractivity contribution in [2.45, 2.75) is 13.0 Å². The molecule has 0 aliphatic carbocycles. The van der Waals surface area contributed by atoms with Crippen molar-refractivity contribution < 1.29 is 18.4 Å². The summed E-state index contributed by atoms with van der Waals surface area (Å²) in [6.45, 7) is -0.228. The molecule has 0 aliphatic heterocycles. The first-order valence-corrected chi connectivity index (χ1v) is 4.21. The predicted octanol–water partition coefficient (Wildman–Crippen LogP) is 1.39. The van der Waals surface area contributed by atoms with Crippen molar-refractivity contribution in [3.63, 3.8) is 0 Å². The van der Waals surface area contributed by atoms with Gasteiger partial charge < -0.3 is 20.6 Å². The van der Waals surface area contributed by atoms with Gasteiger partial charge in [0.25, 0.3) is 0 Å². The summed E-state index contributed by atoms with van der Waals surface area (Å²) in [7, 11) is 1.22. The van der Waals surface area contributed by atoms with Gasteiger partial charge in [-0.25, -0.2) is 8.78 Å². The number of hydrogen-bond acceptors (Lipinski definition) is 5. The van der Waals surface area contributed by atoms with E-state index in [-0.39, 0.29) is 17.9 Å². The fraction of sp³-hybridized carbons (Fsp3) is 0.375. The van der Waals surface area contributed by atoms with Crippen LogP contribution in [0.4, 0.5) is 14.6 Å². The minimum Gasteiger partial charge on any atom is -0.496 e. The van der Waals surface area contributed by atoms with E-state index in [0.29, 0.717) is 0 Å². The zero-order valence-corrected chi connectivity index (χ0v) is 8.31. The molecule has 8 heteroatoms. The number of rotatable bonds is 4. The third-order valence-electron chi connectivity index (χ3n) is 1.92. The molecule has 0 saturated carbocycles. The van der Waals surface area contributed by atoms with Crippen LogP contribution in [0.2, 0.25) is 0 Å². The summed E-state index contributed by atoms with van der Waals surface area (Å²) in [6.07, 6.45) is -2.94. The fourth-order valence-electron chi connectivity index (χ4n) is 1.22. The van der Waals surface area contributed by atoms with Gasteiger partial charge in [0.05, 0.1) is 18.7 Å². The van der Waals surface area contributed by atoms with Gasteiger partial charge in [-0.15, -0.1) is 0 Å². The molecular weight excluding hydrogens is 224 g/mol. The summed E-state index contributed by atoms with van der Waals surface area (Å²) in [5, 5.41) is 10.5. The van der Waals surface area contributed by atoms with Gasteiger partial charge in [-0.05, 0) is 9.91 Å². The number of methoxy groups -OCH3 is 1. The number of nitro groups is 1. The standard InChI is InChI=1S/C8H9F2N3O3/c1-16-5-2-6(13(14)15)12-7(8(9)10)4(5)3-11/h2,8H,3,11H2,1H3. The van der Waals surface area contributed by atoms with E-state index in [1.807, 2.05) is 0 Å². The maximum absolute atomic E-state index is 12.6. The van der Waals surface area contributed by atoms with Gasteiger partial charge in [-0.1, -0.05) is 0 Å². The lowest BCUT2D eigenvalue weighted by atomic mass is 10.1. The van der Waals surface area contributed by atoms with E-state index in [1.165, 1.54) is 7.11 Å². The highest BCUT2D eigenvalue weighted by Gasteiger charge is 2.26. The monoisotopic (exact) mass is 233 g/mol. The number of halogens is 2. The lowest BCUT2D eigenvalue weighted by Gasteiger charge is -2.08. The molecule has 0 bridgehead atoms. The number of pyridine rings is 1. The molecule has 88 valence electrons. The van der Waals surface area contributed by atoms with Crippen molar-refractivity contribution in [1.29, 1.82) is 0 Å². The van der Waals surface area contributed by atoms with E-state index in [1.54, 1.807) is 0 Å². The van der Waals surface area contributed by atoms with Crippen molar-refractivity contribution in [2.24, 2.45) is 5.73 Å². The lowest BCUT2D eigenvalue weighted by Crippen LogP contribution is -2.09. The van der Waals surface area contributed by atoms with Crippen LogP contribution in [-0.2, 0) is 6.54 Å². The van der Waals surface area contributed by atoms with Gasteiger partial charge in [0, 0.05) is 6.54 Å². The molecular formula is C8H9F2N3O3. The van der Waals surface area contributed by atoms with Gasteiger partial charge in [-0.2, -0.15) is 0 Å². The summed E-state index contributed by atoms with van der Waals surface area (Å²) >= 11 is 0. The van der Waals surface area contributed by atoms with Crippen molar-refractivity contribution >= 4 is 5.82 Å². The Bertz CT molecular complexity index is 412. The highest BCUT2D eigenvalue weighted by molar-refractivity contribution is 5.43. The Morgan fingerprint density at radius 3 is 2.69 bits per heavy atom. The number of ether oxygens (including phenoxy) is 1. The summed E-state index contributed by atoms with van der Waals surface area (Å²) in [6, 6.07) is 0.966. The molecule has 0 spiro atoms. The van der Waals surface area contributed by atoms with Crippen LogP contribution in [0.25, 0.3) is 0 Å². The van der Waals surface area contributed by atoms with Gasteiger partial charge in [0.1, 0.15) is 5.75 Å². The van der Waals surface area contributed by atoms with Gasteiger partial charge in [-0.3, -0.25) is 0 Å². The van der Waals surface area contributed by atoms with Crippen LogP contribution < -0.4 is 10.5 Å². The third kappa shape index (κ3) is 2.22. The Hall–Kier alpha value is -1.83. The second-order valence-corrected chi connectivity index (χ2v) is 2.81. The van der Waals surface area contributed by atoms with Crippen LogP contribution in [0.5, 0.6) is 5.75 Å². The zero-order chi connectivity index (χ0) is 12.3. The van der Waals surface area contributed by atoms with Crippen molar-refractivity contribution in [3.05, 3.63) is 27.4 Å². The molecule has 0 amide bonds. The summed E-state index contributed by atoms with van der Waals surface area (Å²) < 4.78 is 29.9. The Morgan fingerprint density at radius 2 is 2.31 bits per heavy atom. The Balaban J connectivity index is 3.43. The summed E-state index contributed by atoms with van der Waals surface area (Å²) in [5.41, 5.74) is 4.53. The van der Waals surface area contributed by atoms with Crippen molar-refractivity contribution in [3.8, 4) is 5.75 Å². The predicted molar refractivity (Wildman–Crippen MR) is 50.3 cm³/mol. The number of nitrogens with zero attached hydrogens (tertiary/aromatic N) is 2. The van der Waals surface area contributed by atoms with Crippen molar-refractivity contribution in [2.75, 3.05) is 7.11 Å². The lowest BCUT2D eigenvalue weighted by molar-refractivity contribution is -0.389. The Labute approximate surface area is 89.2 Å². The van der Waals surface area contributed by atoms with Crippen LogP contribution in [0.1, 0.15) is 17.7 Å². The average molecular weight is 233 g/mol. The smallest absolute Gasteiger partial charge is 0.367 e. The largest absolute Gasteiger partial charge is 0.496 e. The van der Waals surface area contributed by atoms with Gasteiger partial charge >= 0.3 is 12.2 Å². The molecule has 0 aliphatic rings. The van der Waals surface area contributed by atoms with E-state index in [0.717, 1.165) is 6.07 Å². The molecule has 0 atom stereocenters. The molecule has 0 saturated heterocycles. The van der Waals surface area contributed by atoms with Crippen LogP contribution in [-0.4, -0.2) is 17.0 Å². The second kappa shape index (κ2) is 4.79. The van der Waals surface area contributed by atoms with Gasteiger partial charge in [0.15, 0.2) is 0 Å². The SMILES string of the molecule is COc1cc([N+](=O)[O-])nc(C(F)F)c1CN. The maximum Gasteiger partial charge on any atom is 0.367 e. The summed E-state index contributed by atoms with van der Waals surface area (Å²) in [4.78, 5) is 12.8. The van der Waals surface area contributed by atoms with Crippen molar-refractivity contribution in [1.82, 2.24) is 4.98 Å². The number of aromatic nitrogens is 1. The first-order valence-electron chi connectivity index (χ1n) is 4.21. The average Bonchev–Trinajstić information content (AvgIpc) is 2.26. The highest BCUT2D eigenvalue weighted by atomic mass is 19.3. The molecule has 1 heterocycles. The minimum absolute atomic E-state index is 0.0249. The van der Waals surface area contributed by atoms with Gasteiger partial charge in [0.2, 0.25) is 5.69 Å². The van der Waals surface area contributed by atoms with E-state index in [4.69, 9.17) is 10.5 Å². The molecule has 1 aromatic rings. The first kappa shape index (κ1) is 12.2. The third-order valence-corrected chi connectivity index (χ3v) is 1.92. The molecule has 16 heavy (non-hydrogen) atoms. The fourth-order valence-corrected chi connectivity index (χ4v) is 1.22. The quantitative estimate of drug-likeness (QED) is 0.626. The molecule has 1 rings (SSSR count). The second-order valence-electron chi connectivity index (χ2n) is 2.81. The molecule has 2 N–H and O–H groups in total. The molecule has 0 fully saturated rings. The molecule has 1 aromatic heterocycles. The number of alkyl halides is 2. The number of nitrogens with two attached hydrogens (primary N) is 1. The van der Waals surface area contributed by atoms with Crippen LogP contribution in [0.3, 0.4) is 0 Å².